The Hall–Kier alpha value is -3.66. The highest BCUT2D eigenvalue weighted by Crippen LogP contribution is 2.31. The second-order valence-electron chi connectivity index (χ2n) is 7.16. The van der Waals surface area contributed by atoms with Gasteiger partial charge in [0.25, 0.3) is 5.56 Å². The molecule has 0 unspecified atom stereocenters. The van der Waals surface area contributed by atoms with Gasteiger partial charge in [-0.1, -0.05) is 6.08 Å². The van der Waals surface area contributed by atoms with Crippen molar-refractivity contribution in [2.24, 2.45) is 12.0 Å². The minimum Gasteiger partial charge on any atom is -0.323 e. The molecular weight excluding hydrogens is 400 g/mol. The summed E-state index contributed by atoms with van der Waals surface area (Å²) in [6.45, 7) is 1.02. The Morgan fingerprint density at radius 2 is 2.20 bits per heavy atom. The molecule has 1 aliphatic rings. The number of hydrogen-bond acceptors (Lipinski definition) is 7. The number of hydrogen-bond donors (Lipinski definition) is 0. The number of nitrogens with zero attached hydrogens (tertiary/aromatic N) is 8. The van der Waals surface area contributed by atoms with Crippen LogP contribution in [0.25, 0.3) is 27.0 Å². The number of aliphatic imine (C=N–C) groups is 1. The molecule has 148 valence electrons. The lowest BCUT2D eigenvalue weighted by molar-refractivity contribution is 0.635. The van der Waals surface area contributed by atoms with Crippen LogP contribution in [0.5, 0.6) is 0 Å². The summed E-state index contributed by atoms with van der Waals surface area (Å²) >= 11 is 1.60. The first kappa shape index (κ1) is 17.2. The first-order valence-electron chi connectivity index (χ1n) is 9.50. The molecule has 0 bridgehead atoms. The number of imidazole rings is 1. The molecule has 0 saturated carbocycles. The topological polar surface area (TPSA) is 95.3 Å². The summed E-state index contributed by atoms with van der Waals surface area (Å²) in [5, 5.41) is 6.23. The molecule has 0 fully saturated rings. The molecule has 10 heteroatoms. The van der Waals surface area contributed by atoms with E-state index in [4.69, 9.17) is 4.98 Å². The van der Waals surface area contributed by atoms with Gasteiger partial charge in [0, 0.05) is 43.2 Å². The van der Waals surface area contributed by atoms with Crippen LogP contribution in [0.2, 0.25) is 0 Å². The largest absolute Gasteiger partial charge is 0.323 e. The van der Waals surface area contributed by atoms with Crippen molar-refractivity contribution in [2.45, 2.75) is 13.0 Å². The van der Waals surface area contributed by atoms with Gasteiger partial charge in [-0.25, -0.2) is 19.6 Å². The first-order valence-corrected chi connectivity index (χ1v) is 10.3. The highest BCUT2D eigenvalue weighted by Gasteiger charge is 2.19. The van der Waals surface area contributed by atoms with Gasteiger partial charge in [-0.15, -0.1) is 11.3 Å². The molecule has 0 radical (unpaired) electrons. The first-order chi connectivity index (χ1) is 14.7. The second-order valence-corrected chi connectivity index (χ2v) is 8.24. The van der Waals surface area contributed by atoms with Crippen LogP contribution in [0.3, 0.4) is 0 Å². The van der Waals surface area contributed by atoms with Crippen molar-refractivity contribution < 1.29 is 0 Å². The average Bonchev–Trinajstić information content (AvgIpc) is 3.51. The van der Waals surface area contributed by atoms with E-state index in [9.17, 15) is 4.79 Å². The molecule has 6 rings (SSSR count). The van der Waals surface area contributed by atoms with Crippen LogP contribution in [0.15, 0.2) is 52.8 Å². The van der Waals surface area contributed by atoms with Crippen molar-refractivity contribution in [3.63, 3.8) is 0 Å². The Morgan fingerprint density at radius 1 is 1.27 bits per heavy atom. The third-order valence-electron chi connectivity index (χ3n) is 5.21. The lowest BCUT2D eigenvalue weighted by Gasteiger charge is -2.03. The number of rotatable bonds is 4. The van der Waals surface area contributed by atoms with E-state index in [2.05, 4.69) is 20.1 Å². The predicted molar refractivity (Wildman–Crippen MR) is 115 cm³/mol. The van der Waals surface area contributed by atoms with E-state index in [-0.39, 0.29) is 12.1 Å². The average molecular weight is 416 g/mol. The minimum absolute atomic E-state index is 0.158. The van der Waals surface area contributed by atoms with Crippen LogP contribution in [0.4, 0.5) is 0 Å². The lowest BCUT2D eigenvalue weighted by atomic mass is 10.3. The molecular formula is C20H16N8OS. The fourth-order valence-corrected chi connectivity index (χ4v) is 4.93. The normalized spacial score (nSPS) is 13.8. The van der Waals surface area contributed by atoms with Crippen molar-refractivity contribution >= 4 is 44.1 Å². The number of aromatic nitrogens is 7. The van der Waals surface area contributed by atoms with Gasteiger partial charge in [0.15, 0.2) is 5.65 Å². The zero-order valence-electron chi connectivity index (χ0n) is 16.1. The van der Waals surface area contributed by atoms with E-state index in [0.29, 0.717) is 17.7 Å². The summed E-state index contributed by atoms with van der Waals surface area (Å²) in [4.78, 5) is 31.1. The van der Waals surface area contributed by atoms with Crippen LogP contribution in [0, 0.1) is 0 Å². The molecule has 0 N–H and O–H groups in total. The van der Waals surface area contributed by atoms with Crippen LogP contribution in [0.1, 0.15) is 10.7 Å². The highest BCUT2D eigenvalue weighted by molar-refractivity contribution is 7.19. The van der Waals surface area contributed by atoms with Gasteiger partial charge in [-0.2, -0.15) is 5.10 Å². The standard InChI is InChI=1S/C20H16N8OS/c1-26-16-14(17-18(26)25-15(30-17)8-12-4-2-5-21-12)9-23-28(19(16)29)11-13-10-27-7-3-6-22-20(27)24-13/h2-4,6-7,9-10H,5,8,11H2,1H3. The number of fused-ring (bicyclic) bond motifs is 4. The van der Waals surface area contributed by atoms with Gasteiger partial charge in [-0.05, 0) is 12.1 Å². The van der Waals surface area contributed by atoms with Crippen LogP contribution in [-0.2, 0) is 20.0 Å². The summed E-state index contributed by atoms with van der Waals surface area (Å²) in [5.41, 5.74) is 3.02. The predicted octanol–water partition coefficient (Wildman–Crippen LogP) is 1.99. The van der Waals surface area contributed by atoms with Gasteiger partial charge < -0.3 is 4.57 Å². The van der Waals surface area contributed by atoms with Gasteiger partial charge in [0.05, 0.1) is 29.7 Å². The molecule has 0 spiro atoms. The smallest absolute Gasteiger partial charge is 0.291 e. The summed E-state index contributed by atoms with van der Waals surface area (Å²) in [6.07, 6.45) is 12.0. The van der Waals surface area contributed by atoms with Crippen molar-refractivity contribution in [1.82, 2.24) is 33.7 Å². The second kappa shape index (κ2) is 6.42. The SMILES string of the molecule is Cn1c2nc(CC3=NCC=C3)sc2c2cnn(Cc3cn4cccnc4n3)c(=O)c21. The maximum atomic E-state index is 13.2. The third kappa shape index (κ3) is 2.61. The Balaban J connectivity index is 1.41. The maximum absolute atomic E-state index is 13.2. The molecule has 5 aromatic heterocycles. The molecule has 0 atom stereocenters. The van der Waals surface area contributed by atoms with Crippen molar-refractivity contribution in [3.05, 3.63) is 64.1 Å². The molecule has 0 amide bonds. The van der Waals surface area contributed by atoms with Gasteiger partial charge >= 0.3 is 0 Å². The monoisotopic (exact) mass is 416 g/mol. The number of aryl methyl sites for hydroxylation is 1. The van der Waals surface area contributed by atoms with E-state index in [1.54, 1.807) is 23.7 Å². The summed E-state index contributed by atoms with van der Waals surface area (Å²) < 4.78 is 6.11. The Kier molecular flexibility index (Phi) is 3.69. The van der Waals surface area contributed by atoms with E-state index in [1.165, 1.54) is 4.68 Å². The van der Waals surface area contributed by atoms with Gasteiger partial charge in [0.2, 0.25) is 5.78 Å². The van der Waals surface area contributed by atoms with Crippen LogP contribution in [-0.4, -0.2) is 46.0 Å². The molecule has 9 nitrogen and oxygen atoms in total. The molecule has 0 aliphatic carbocycles. The quantitative estimate of drug-likeness (QED) is 0.446. The fraction of sp³-hybridized carbons (Fsp3) is 0.200. The molecule has 1 aliphatic heterocycles. The summed E-state index contributed by atoms with van der Waals surface area (Å²) in [5.74, 6) is 0.597. The lowest BCUT2D eigenvalue weighted by Crippen LogP contribution is -2.24. The van der Waals surface area contributed by atoms with Crippen LogP contribution < -0.4 is 5.56 Å². The van der Waals surface area contributed by atoms with E-state index in [1.807, 2.05) is 46.6 Å². The zero-order valence-corrected chi connectivity index (χ0v) is 16.9. The van der Waals surface area contributed by atoms with E-state index in [0.717, 1.165) is 38.7 Å². The summed E-state index contributed by atoms with van der Waals surface area (Å²) in [6, 6.07) is 1.84. The Labute approximate surface area is 173 Å². The minimum atomic E-state index is -0.158. The van der Waals surface area contributed by atoms with E-state index < -0.39 is 0 Å². The fourth-order valence-electron chi connectivity index (χ4n) is 3.81. The molecule has 30 heavy (non-hydrogen) atoms. The van der Waals surface area contributed by atoms with Gasteiger partial charge in [-0.3, -0.25) is 14.2 Å². The number of thiazole rings is 1. The highest BCUT2D eigenvalue weighted by atomic mass is 32.1. The zero-order chi connectivity index (χ0) is 20.2. The number of allylic oxidation sites excluding steroid dienone is 1. The molecule has 5 aromatic rings. The molecule has 0 aromatic carbocycles. The Morgan fingerprint density at radius 3 is 3.03 bits per heavy atom. The van der Waals surface area contributed by atoms with E-state index >= 15 is 0 Å². The summed E-state index contributed by atoms with van der Waals surface area (Å²) in [7, 11) is 1.88. The molecule has 0 saturated heterocycles. The Bertz CT molecular complexity index is 1530. The van der Waals surface area contributed by atoms with Gasteiger partial charge in [0.1, 0.15) is 10.5 Å². The third-order valence-corrected chi connectivity index (χ3v) is 6.29. The van der Waals surface area contributed by atoms with Crippen LogP contribution >= 0.6 is 11.3 Å². The molecule has 6 heterocycles. The maximum Gasteiger partial charge on any atom is 0.291 e. The van der Waals surface area contributed by atoms with Crippen molar-refractivity contribution in [1.29, 1.82) is 0 Å². The van der Waals surface area contributed by atoms with Crippen molar-refractivity contribution in [3.8, 4) is 0 Å². The van der Waals surface area contributed by atoms with Crippen molar-refractivity contribution in [2.75, 3.05) is 6.54 Å².